The molecule has 0 aliphatic carbocycles. The Labute approximate surface area is 156 Å². The van der Waals surface area contributed by atoms with E-state index in [-0.39, 0.29) is 11.8 Å². The summed E-state index contributed by atoms with van der Waals surface area (Å²) in [5.41, 5.74) is 2.01. The number of amides is 1. The largest absolute Gasteiger partial charge is 0.314 e. The molecular weight excluding hydrogens is 326 g/mol. The highest BCUT2D eigenvalue weighted by Gasteiger charge is 2.26. The summed E-state index contributed by atoms with van der Waals surface area (Å²) in [5.74, 6) is 0.828. The summed E-state index contributed by atoms with van der Waals surface area (Å²) >= 11 is 0. The lowest BCUT2D eigenvalue weighted by molar-refractivity contribution is -0.120. The van der Waals surface area contributed by atoms with Crippen molar-refractivity contribution in [2.45, 2.75) is 46.2 Å². The van der Waals surface area contributed by atoms with Crippen LogP contribution in [0.2, 0.25) is 0 Å². The third kappa shape index (κ3) is 4.24. The van der Waals surface area contributed by atoms with Crippen molar-refractivity contribution in [1.29, 1.82) is 0 Å². The van der Waals surface area contributed by atoms with Crippen LogP contribution in [0, 0.1) is 5.92 Å². The summed E-state index contributed by atoms with van der Waals surface area (Å²) in [4.78, 5) is 19.9. The van der Waals surface area contributed by atoms with Crippen LogP contribution in [0.15, 0.2) is 24.3 Å². The van der Waals surface area contributed by atoms with Crippen molar-refractivity contribution in [3.05, 3.63) is 24.3 Å². The van der Waals surface area contributed by atoms with Gasteiger partial charge in [0.25, 0.3) is 0 Å². The molecule has 1 amide bonds. The Morgan fingerprint density at radius 3 is 2.85 bits per heavy atom. The standard InChI is InChI=1S/C20H31N5O/c1-4-24(5-2)12-13-25-18-9-7-6-8-17(18)22-20(25)23-19(26)16-10-11-21-15(3)14-16/h6-9,15-16,21H,4-5,10-14H2,1-3H3,(H,22,23,26)/t15-,16-/m0/s1. The molecule has 2 N–H and O–H groups in total. The van der Waals surface area contributed by atoms with Gasteiger partial charge in [0.15, 0.2) is 0 Å². The van der Waals surface area contributed by atoms with E-state index in [9.17, 15) is 4.79 Å². The van der Waals surface area contributed by atoms with E-state index in [2.05, 4.69) is 46.9 Å². The van der Waals surface area contributed by atoms with Gasteiger partial charge in [0, 0.05) is 25.0 Å². The van der Waals surface area contributed by atoms with E-state index < -0.39 is 0 Å². The molecular formula is C20H31N5O. The van der Waals surface area contributed by atoms with Gasteiger partial charge in [-0.25, -0.2) is 4.98 Å². The Kier molecular flexibility index (Phi) is 6.27. The zero-order valence-corrected chi connectivity index (χ0v) is 16.2. The predicted molar refractivity (Wildman–Crippen MR) is 106 cm³/mol. The van der Waals surface area contributed by atoms with Crippen LogP contribution in [-0.4, -0.2) is 52.6 Å². The van der Waals surface area contributed by atoms with Crippen molar-refractivity contribution < 1.29 is 4.79 Å². The quantitative estimate of drug-likeness (QED) is 0.800. The first-order chi connectivity index (χ1) is 12.6. The lowest BCUT2D eigenvalue weighted by atomic mass is 9.92. The number of nitrogens with one attached hydrogen (secondary N) is 2. The fraction of sp³-hybridized carbons (Fsp3) is 0.600. The van der Waals surface area contributed by atoms with Crippen LogP contribution >= 0.6 is 0 Å². The molecule has 1 aliphatic heterocycles. The highest BCUT2D eigenvalue weighted by Crippen LogP contribution is 2.22. The lowest BCUT2D eigenvalue weighted by Gasteiger charge is -2.27. The van der Waals surface area contributed by atoms with E-state index in [4.69, 9.17) is 4.98 Å². The fourth-order valence-corrected chi connectivity index (χ4v) is 3.76. The molecule has 2 atom stereocenters. The normalized spacial score (nSPS) is 20.6. The van der Waals surface area contributed by atoms with Crippen LogP contribution < -0.4 is 10.6 Å². The summed E-state index contributed by atoms with van der Waals surface area (Å²) in [5, 5.41) is 6.52. The van der Waals surface area contributed by atoms with Crippen LogP contribution in [0.5, 0.6) is 0 Å². The second-order valence-electron chi connectivity index (χ2n) is 7.17. The second-order valence-corrected chi connectivity index (χ2v) is 7.17. The van der Waals surface area contributed by atoms with E-state index in [0.717, 1.165) is 56.6 Å². The van der Waals surface area contributed by atoms with Gasteiger partial charge in [-0.3, -0.25) is 10.1 Å². The zero-order chi connectivity index (χ0) is 18.5. The average molecular weight is 358 g/mol. The molecule has 1 fully saturated rings. The Hall–Kier alpha value is -1.92. The lowest BCUT2D eigenvalue weighted by Crippen LogP contribution is -2.40. The monoisotopic (exact) mass is 357 g/mol. The number of benzene rings is 1. The number of hydrogen-bond donors (Lipinski definition) is 2. The number of piperidine rings is 1. The number of para-hydroxylation sites is 2. The van der Waals surface area contributed by atoms with Crippen LogP contribution in [0.25, 0.3) is 11.0 Å². The van der Waals surface area contributed by atoms with Gasteiger partial charge in [-0.1, -0.05) is 26.0 Å². The number of imidazole rings is 1. The maximum absolute atomic E-state index is 12.8. The van der Waals surface area contributed by atoms with Gasteiger partial charge >= 0.3 is 0 Å². The van der Waals surface area contributed by atoms with Crippen molar-refractivity contribution in [3.63, 3.8) is 0 Å². The summed E-state index contributed by atoms with van der Waals surface area (Å²) in [6, 6.07) is 8.49. The van der Waals surface area contributed by atoms with E-state index in [0.29, 0.717) is 12.0 Å². The summed E-state index contributed by atoms with van der Waals surface area (Å²) < 4.78 is 2.15. The summed E-state index contributed by atoms with van der Waals surface area (Å²) in [7, 11) is 0. The molecule has 2 aromatic rings. The topological polar surface area (TPSA) is 62.2 Å². The first kappa shape index (κ1) is 18.9. The number of carbonyl (C=O) groups is 1. The number of hydrogen-bond acceptors (Lipinski definition) is 4. The molecule has 1 aromatic carbocycles. The van der Waals surface area contributed by atoms with Crippen molar-refractivity contribution in [3.8, 4) is 0 Å². The van der Waals surface area contributed by atoms with E-state index in [1.54, 1.807) is 0 Å². The van der Waals surface area contributed by atoms with Crippen LogP contribution in [0.4, 0.5) is 5.95 Å². The Morgan fingerprint density at radius 1 is 1.35 bits per heavy atom. The molecule has 1 aromatic heterocycles. The minimum absolute atomic E-state index is 0.0577. The molecule has 0 spiro atoms. The van der Waals surface area contributed by atoms with Crippen molar-refractivity contribution >= 4 is 22.9 Å². The summed E-state index contributed by atoms with van der Waals surface area (Å²) in [6.07, 6.45) is 1.77. The van der Waals surface area contributed by atoms with Crippen LogP contribution in [-0.2, 0) is 11.3 Å². The molecule has 26 heavy (non-hydrogen) atoms. The SMILES string of the molecule is CCN(CC)CCn1c(NC(=O)[C@H]2CCN[C@@H](C)C2)nc2ccccc21. The van der Waals surface area contributed by atoms with E-state index >= 15 is 0 Å². The molecule has 3 rings (SSSR count). The highest BCUT2D eigenvalue weighted by molar-refractivity contribution is 5.93. The molecule has 0 radical (unpaired) electrons. The molecule has 6 heteroatoms. The van der Waals surface area contributed by atoms with Gasteiger partial charge in [-0.15, -0.1) is 0 Å². The van der Waals surface area contributed by atoms with Gasteiger partial charge < -0.3 is 14.8 Å². The molecule has 1 aliphatic rings. The first-order valence-corrected chi connectivity index (χ1v) is 9.84. The van der Waals surface area contributed by atoms with Gasteiger partial charge in [0.05, 0.1) is 11.0 Å². The second kappa shape index (κ2) is 8.64. The third-order valence-electron chi connectivity index (χ3n) is 5.42. The number of anilines is 1. The Morgan fingerprint density at radius 2 is 2.12 bits per heavy atom. The molecule has 0 saturated carbocycles. The molecule has 0 unspecified atom stereocenters. The first-order valence-electron chi connectivity index (χ1n) is 9.84. The zero-order valence-electron chi connectivity index (χ0n) is 16.2. The Balaban J connectivity index is 1.80. The maximum Gasteiger partial charge on any atom is 0.229 e. The fourth-order valence-electron chi connectivity index (χ4n) is 3.76. The number of rotatable bonds is 7. The molecule has 6 nitrogen and oxygen atoms in total. The molecule has 2 heterocycles. The Bertz CT molecular complexity index is 737. The number of aromatic nitrogens is 2. The number of likely N-dealkylation sites (N-methyl/N-ethyl adjacent to an activating group) is 1. The third-order valence-corrected chi connectivity index (χ3v) is 5.42. The average Bonchev–Trinajstić information content (AvgIpc) is 3.00. The van der Waals surface area contributed by atoms with Crippen molar-refractivity contribution in [2.75, 3.05) is 31.5 Å². The van der Waals surface area contributed by atoms with Crippen LogP contribution in [0.1, 0.15) is 33.6 Å². The van der Waals surface area contributed by atoms with Crippen molar-refractivity contribution in [2.24, 2.45) is 5.92 Å². The maximum atomic E-state index is 12.8. The van der Waals surface area contributed by atoms with E-state index in [1.807, 2.05) is 18.2 Å². The minimum atomic E-state index is 0.0577. The number of nitrogens with zero attached hydrogens (tertiary/aromatic N) is 3. The van der Waals surface area contributed by atoms with Gasteiger partial charge in [-0.2, -0.15) is 0 Å². The minimum Gasteiger partial charge on any atom is -0.314 e. The summed E-state index contributed by atoms with van der Waals surface area (Å²) in [6.45, 7) is 11.2. The van der Waals surface area contributed by atoms with E-state index in [1.165, 1.54) is 0 Å². The van der Waals surface area contributed by atoms with Gasteiger partial charge in [0.2, 0.25) is 11.9 Å². The molecule has 142 valence electrons. The van der Waals surface area contributed by atoms with Crippen molar-refractivity contribution in [1.82, 2.24) is 19.8 Å². The highest BCUT2D eigenvalue weighted by atomic mass is 16.2. The molecule has 1 saturated heterocycles. The number of carbonyl (C=O) groups excluding carboxylic acids is 1. The molecule has 0 bridgehead atoms. The van der Waals surface area contributed by atoms with Gasteiger partial charge in [-0.05, 0) is 51.5 Å². The smallest absolute Gasteiger partial charge is 0.229 e. The van der Waals surface area contributed by atoms with Gasteiger partial charge in [0.1, 0.15) is 0 Å². The predicted octanol–water partition coefficient (Wildman–Crippen LogP) is 2.70. The number of fused-ring (bicyclic) bond motifs is 1. The van der Waals surface area contributed by atoms with Crippen LogP contribution in [0.3, 0.4) is 0 Å².